The van der Waals surface area contributed by atoms with Gasteiger partial charge in [-0.3, -0.25) is 4.79 Å². The summed E-state index contributed by atoms with van der Waals surface area (Å²) in [4.78, 5) is 22.5. The Morgan fingerprint density at radius 3 is 2.67 bits per heavy atom. The number of carbonyl (C=O) groups is 2. The molecule has 1 aromatic carbocycles. The van der Waals surface area contributed by atoms with E-state index >= 15 is 0 Å². The third-order valence-electron chi connectivity index (χ3n) is 2.13. The number of methoxy groups -OCH3 is 1. The molecule has 1 rings (SSSR count). The fraction of sp³-hybridized carbons (Fsp3) is 0.333. The van der Waals surface area contributed by atoms with Gasteiger partial charge in [0.15, 0.2) is 6.61 Å². The van der Waals surface area contributed by atoms with Crippen molar-refractivity contribution < 1.29 is 19.1 Å². The molecule has 1 N–H and O–H groups in total. The largest absolute Gasteiger partial charge is 0.482 e. The van der Waals surface area contributed by atoms with Crippen LogP contribution in [-0.4, -0.2) is 31.6 Å². The second-order valence-electron chi connectivity index (χ2n) is 3.53. The van der Waals surface area contributed by atoms with Gasteiger partial charge in [0.25, 0.3) is 5.91 Å². The van der Waals surface area contributed by atoms with Crippen molar-refractivity contribution in [1.29, 1.82) is 0 Å². The molecule has 0 aliphatic heterocycles. The van der Waals surface area contributed by atoms with E-state index < -0.39 is 17.9 Å². The molecule has 1 aromatic rings. The summed E-state index contributed by atoms with van der Waals surface area (Å²) in [5, 5.41) is 2.86. The quantitative estimate of drug-likeness (QED) is 0.822. The minimum atomic E-state index is -0.711. The number of rotatable bonds is 5. The summed E-state index contributed by atoms with van der Waals surface area (Å²) in [6.07, 6.45) is 0. The predicted molar refractivity (Wildman–Crippen MR) is 66.6 cm³/mol. The van der Waals surface area contributed by atoms with Crippen molar-refractivity contribution >= 4 is 23.5 Å². The van der Waals surface area contributed by atoms with Crippen LogP contribution in [0.1, 0.15) is 6.92 Å². The first-order valence-corrected chi connectivity index (χ1v) is 5.67. The summed E-state index contributed by atoms with van der Waals surface area (Å²) in [6, 6.07) is 6.10. The molecule has 0 heterocycles. The first-order chi connectivity index (χ1) is 8.54. The number of hydrogen-bond donors (Lipinski definition) is 1. The molecule has 1 unspecified atom stereocenters. The molecule has 5 nitrogen and oxygen atoms in total. The SMILES string of the molecule is COC(=O)C(C)NC(=O)COc1ccccc1Cl. The van der Waals surface area contributed by atoms with Crippen molar-refractivity contribution in [2.75, 3.05) is 13.7 Å². The normalized spacial score (nSPS) is 11.5. The van der Waals surface area contributed by atoms with Gasteiger partial charge in [0.05, 0.1) is 12.1 Å². The Morgan fingerprint density at radius 1 is 1.39 bits per heavy atom. The maximum absolute atomic E-state index is 11.5. The smallest absolute Gasteiger partial charge is 0.328 e. The molecule has 0 saturated heterocycles. The lowest BCUT2D eigenvalue weighted by atomic mass is 10.3. The van der Waals surface area contributed by atoms with E-state index in [9.17, 15) is 9.59 Å². The highest BCUT2D eigenvalue weighted by atomic mass is 35.5. The second kappa shape index (κ2) is 6.86. The van der Waals surface area contributed by atoms with Gasteiger partial charge in [0, 0.05) is 0 Å². The van der Waals surface area contributed by atoms with E-state index in [0.29, 0.717) is 10.8 Å². The molecule has 6 heteroatoms. The number of benzene rings is 1. The van der Waals surface area contributed by atoms with Crippen molar-refractivity contribution in [1.82, 2.24) is 5.32 Å². The lowest BCUT2D eigenvalue weighted by molar-refractivity contribution is -0.144. The van der Waals surface area contributed by atoms with E-state index in [1.165, 1.54) is 14.0 Å². The second-order valence-corrected chi connectivity index (χ2v) is 3.94. The zero-order valence-electron chi connectivity index (χ0n) is 10.1. The maximum atomic E-state index is 11.5. The maximum Gasteiger partial charge on any atom is 0.328 e. The molecule has 0 fully saturated rings. The van der Waals surface area contributed by atoms with Crippen LogP contribution in [0.25, 0.3) is 0 Å². The lowest BCUT2D eigenvalue weighted by Crippen LogP contribution is -2.41. The van der Waals surface area contributed by atoms with Gasteiger partial charge < -0.3 is 14.8 Å². The number of halogens is 1. The van der Waals surface area contributed by atoms with E-state index in [1.54, 1.807) is 24.3 Å². The van der Waals surface area contributed by atoms with Crippen LogP contribution in [0.3, 0.4) is 0 Å². The summed E-state index contributed by atoms with van der Waals surface area (Å²) >= 11 is 5.86. The van der Waals surface area contributed by atoms with Gasteiger partial charge in [-0.2, -0.15) is 0 Å². The van der Waals surface area contributed by atoms with Gasteiger partial charge in [-0.05, 0) is 19.1 Å². The monoisotopic (exact) mass is 271 g/mol. The van der Waals surface area contributed by atoms with Crippen molar-refractivity contribution in [3.63, 3.8) is 0 Å². The molecule has 0 radical (unpaired) electrons. The van der Waals surface area contributed by atoms with Crippen molar-refractivity contribution in [3.8, 4) is 5.75 Å². The first-order valence-electron chi connectivity index (χ1n) is 5.29. The van der Waals surface area contributed by atoms with E-state index in [4.69, 9.17) is 16.3 Å². The zero-order valence-corrected chi connectivity index (χ0v) is 10.9. The van der Waals surface area contributed by atoms with Crippen LogP contribution < -0.4 is 10.1 Å². The van der Waals surface area contributed by atoms with Crippen LogP contribution in [-0.2, 0) is 14.3 Å². The third kappa shape index (κ3) is 4.25. The van der Waals surface area contributed by atoms with Gasteiger partial charge in [-0.25, -0.2) is 4.79 Å². The van der Waals surface area contributed by atoms with Crippen molar-refractivity contribution in [2.24, 2.45) is 0 Å². The topological polar surface area (TPSA) is 64.6 Å². The van der Waals surface area contributed by atoms with Crippen molar-refractivity contribution in [3.05, 3.63) is 29.3 Å². The summed E-state index contributed by atoms with van der Waals surface area (Å²) in [5.74, 6) is -0.519. The third-order valence-corrected chi connectivity index (χ3v) is 2.44. The van der Waals surface area contributed by atoms with Gasteiger partial charge in [-0.15, -0.1) is 0 Å². The standard InChI is InChI=1S/C12H14ClNO4/c1-8(12(16)17-2)14-11(15)7-18-10-6-4-3-5-9(10)13/h3-6,8H,7H2,1-2H3,(H,14,15). The van der Waals surface area contributed by atoms with E-state index in [0.717, 1.165) is 0 Å². The summed E-state index contributed by atoms with van der Waals surface area (Å²) in [7, 11) is 1.26. The number of nitrogens with one attached hydrogen (secondary N) is 1. The van der Waals surface area contributed by atoms with Crippen LogP contribution in [0.4, 0.5) is 0 Å². The Morgan fingerprint density at radius 2 is 2.06 bits per heavy atom. The van der Waals surface area contributed by atoms with Crippen LogP contribution in [0.2, 0.25) is 5.02 Å². The Bertz CT molecular complexity index is 436. The fourth-order valence-electron chi connectivity index (χ4n) is 1.22. The minimum Gasteiger partial charge on any atom is -0.482 e. The number of para-hydroxylation sites is 1. The van der Waals surface area contributed by atoms with E-state index in [2.05, 4.69) is 10.1 Å². The van der Waals surface area contributed by atoms with Gasteiger partial charge in [0.1, 0.15) is 11.8 Å². The molecule has 0 aliphatic rings. The molecule has 0 spiro atoms. The predicted octanol–water partition coefficient (Wildman–Crippen LogP) is 1.40. The van der Waals surface area contributed by atoms with Crippen LogP contribution >= 0.6 is 11.6 Å². The molecule has 0 aliphatic carbocycles. The number of amides is 1. The number of hydrogen-bond acceptors (Lipinski definition) is 4. The van der Waals surface area contributed by atoms with Crippen molar-refractivity contribution in [2.45, 2.75) is 13.0 Å². The Labute approximate surface area is 110 Å². The Hall–Kier alpha value is -1.75. The summed E-state index contributed by atoms with van der Waals surface area (Å²) in [6.45, 7) is 1.31. The van der Waals surface area contributed by atoms with Crippen LogP contribution in [0.5, 0.6) is 5.75 Å². The summed E-state index contributed by atoms with van der Waals surface area (Å²) < 4.78 is 9.70. The molecule has 18 heavy (non-hydrogen) atoms. The zero-order chi connectivity index (χ0) is 13.5. The molecular weight excluding hydrogens is 258 g/mol. The minimum absolute atomic E-state index is 0.217. The fourth-order valence-corrected chi connectivity index (χ4v) is 1.41. The molecular formula is C12H14ClNO4. The number of carbonyl (C=O) groups excluding carboxylic acids is 2. The highest BCUT2D eigenvalue weighted by Crippen LogP contribution is 2.22. The van der Waals surface area contributed by atoms with Crippen LogP contribution in [0.15, 0.2) is 24.3 Å². The number of ether oxygens (including phenoxy) is 2. The van der Waals surface area contributed by atoms with E-state index in [-0.39, 0.29) is 6.61 Å². The van der Waals surface area contributed by atoms with Gasteiger partial charge >= 0.3 is 5.97 Å². The Kier molecular flexibility index (Phi) is 5.45. The van der Waals surface area contributed by atoms with Crippen LogP contribution in [0, 0.1) is 0 Å². The van der Waals surface area contributed by atoms with Gasteiger partial charge in [0.2, 0.25) is 0 Å². The highest BCUT2D eigenvalue weighted by Gasteiger charge is 2.16. The average Bonchev–Trinajstić information content (AvgIpc) is 2.36. The molecule has 98 valence electrons. The Balaban J connectivity index is 2.43. The lowest BCUT2D eigenvalue weighted by Gasteiger charge is -2.12. The molecule has 0 saturated carbocycles. The average molecular weight is 272 g/mol. The number of esters is 1. The van der Waals surface area contributed by atoms with E-state index in [1.807, 2.05) is 0 Å². The van der Waals surface area contributed by atoms with Gasteiger partial charge in [-0.1, -0.05) is 23.7 Å². The molecule has 0 aromatic heterocycles. The first kappa shape index (κ1) is 14.3. The molecule has 0 bridgehead atoms. The highest BCUT2D eigenvalue weighted by molar-refractivity contribution is 6.32. The molecule has 1 atom stereocenters. The molecule has 1 amide bonds. The summed E-state index contributed by atoms with van der Waals surface area (Å²) in [5.41, 5.74) is 0.